The van der Waals surface area contributed by atoms with Gasteiger partial charge in [0.05, 0.1) is 16.1 Å². The first-order valence-corrected chi connectivity index (χ1v) is 29.1. The largest absolute Gasteiger partial charge is 0.508 e. The van der Waals surface area contributed by atoms with Gasteiger partial charge < -0.3 is 104 Å². The van der Waals surface area contributed by atoms with Gasteiger partial charge in [0.15, 0.2) is 29.0 Å². The van der Waals surface area contributed by atoms with E-state index in [1.807, 2.05) is 0 Å². The van der Waals surface area contributed by atoms with Crippen molar-refractivity contribution in [2.45, 2.75) is 73.7 Å². The molecule has 0 aliphatic carbocycles. The van der Waals surface area contributed by atoms with E-state index in [0.717, 1.165) is 84.9 Å². The number of fused-ring (bicyclic) bond motifs is 14. The molecule has 6 aliphatic rings. The van der Waals surface area contributed by atoms with Gasteiger partial charge in [0.1, 0.15) is 82.6 Å². The number of aromatic hydroxyl groups is 6. The van der Waals surface area contributed by atoms with Gasteiger partial charge in [0.25, 0.3) is 0 Å². The molecule has 0 fully saturated rings. The Morgan fingerprint density at radius 1 is 0.553 bits per heavy atom. The summed E-state index contributed by atoms with van der Waals surface area (Å²) in [5.74, 6) is -17.9. The van der Waals surface area contributed by atoms with E-state index in [1.54, 1.807) is 0 Å². The van der Waals surface area contributed by atoms with Gasteiger partial charge in [0, 0.05) is 41.7 Å². The number of benzene rings is 7. The van der Waals surface area contributed by atoms with E-state index >= 15 is 19.2 Å². The first kappa shape index (κ1) is 64.0. The molecule has 0 aromatic heterocycles. The van der Waals surface area contributed by atoms with Crippen LogP contribution in [-0.4, -0.2) is 112 Å². The van der Waals surface area contributed by atoms with Crippen LogP contribution in [-0.2, 0) is 49.6 Å². The molecule has 6 aliphatic heterocycles. The number of ether oxygens (including phenoxy) is 3. The first-order chi connectivity index (χ1) is 44.7. The molecule has 94 heavy (non-hydrogen) atoms. The summed E-state index contributed by atoms with van der Waals surface area (Å²) >= 11 is 13.7. The fourth-order valence-electron chi connectivity index (χ4n) is 11.0. The molecule has 0 unspecified atom stereocenters. The van der Waals surface area contributed by atoms with Crippen molar-refractivity contribution in [3.8, 4) is 80.1 Å². The van der Waals surface area contributed by atoms with Crippen molar-refractivity contribution in [1.29, 1.82) is 0 Å². The van der Waals surface area contributed by atoms with Gasteiger partial charge in [-0.3, -0.25) is 38.4 Å². The molecule has 0 saturated carbocycles. The van der Waals surface area contributed by atoms with Crippen molar-refractivity contribution < 1.29 is 98.2 Å². The molecule has 19 N–H and O–H groups in total. The SMILES string of the molecule is NC(=O)CC[C@@H](N)C(=O)N[C@@H]1C(=O)N[C@@H]2Cc3ccc(c(Cl)c3)Oc3cc4cc(c3O)Oc3ccc(cc3Cl)[C@@H](O)[C@@H]3NC(=O)[C@H](NC(=O)[C@@H]4NC(=O)[C@@H](NC2=O)c2cc(O)cc(c2)Oc2cc1ccc2O)c1ccc(O)c(c1)-c1c(O)cc(O)cc1[C@@H](C(=O)O)NC3=O. The van der Waals surface area contributed by atoms with E-state index < -0.39 is 183 Å². The number of aliphatic carboxylic acids is 1. The van der Waals surface area contributed by atoms with E-state index in [4.69, 9.17) is 48.9 Å². The average Bonchev–Trinajstić information content (AvgIpc) is 0.777. The van der Waals surface area contributed by atoms with E-state index in [0.29, 0.717) is 0 Å². The number of rotatable bonds is 6. The number of hydrogen-bond acceptors (Lipinski definition) is 20. The molecule has 29 nitrogen and oxygen atoms in total. The number of carbonyl (C=O) groups excluding carboxylic acids is 8. The number of carboxylic acid groups (broad SMARTS) is 1. The maximum Gasteiger partial charge on any atom is 0.330 e. The number of nitrogens with two attached hydrogens (primary N) is 2. The fourth-order valence-corrected chi connectivity index (χ4v) is 11.5. The molecule has 8 amide bonds. The molecule has 0 saturated heterocycles. The number of carbonyl (C=O) groups is 9. The van der Waals surface area contributed by atoms with Crippen molar-refractivity contribution in [2.24, 2.45) is 11.5 Å². The second-order valence-electron chi connectivity index (χ2n) is 22.2. The Balaban J connectivity index is 1.11. The Morgan fingerprint density at radius 2 is 1.14 bits per heavy atom. The van der Waals surface area contributed by atoms with Crippen molar-refractivity contribution in [1.82, 2.24) is 37.2 Å². The number of phenols is 6. The van der Waals surface area contributed by atoms with Gasteiger partial charge in [-0.05, 0) is 119 Å². The molecule has 9 atom stereocenters. The molecule has 484 valence electrons. The minimum Gasteiger partial charge on any atom is -0.508 e. The number of nitrogens with one attached hydrogen (secondary N) is 7. The number of hydrogen-bond donors (Lipinski definition) is 17. The van der Waals surface area contributed by atoms with Crippen LogP contribution in [0.25, 0.3) is 11.1 Å². The molecule has 7 aromatic rings. The molecule has 17 bridgehead atoms. The number of aliphatic hydroxyl groups is 1. The minimum atomic E-state index is -2.24. The molecule has 0 spiro atoms. The smallest absolute Gasteiger partial charge is 0.330 e. The summed E-state index contributed by atoms with van der Waals surface area (Å²) in [6.45, 7) is 0. The Kier molecular flexibility index (Phi) is 17.5. The third-order valence-corrected chi connectivity index (χ3v) is 16.3. The van der Waals surface area contributed by atoms with Crippen LogP contribution < -0.4 is 62.9 Å². The Labute approximate surface area is 539 Å². The highest BCUT2D eigenvalue weighted by Gasteiger charge is 2.42. The number of halogens is 2. The van der Waals surface area contributed by atoms with Crippen molar-refractivity contribution >= 4 is 76.4 Å². The third kappa shape index (κ3) is 13.0. The van der Waals surface area contributed by atoms with Crippen LogP contribution in [0.5, 0.6) is 69.0 Å². The number of phenolic OH excluding ortho intramolecular Hbond substituents is 6. The predicted molar refractivity (Wildman–Crippen MR) is 325 cm³/mol. The third-order valence-electron chi connectivity index (χ3n) is 15.7. The molecular weight excluding hydrogens is 1270 g/mol. The Bertz CT molecular complexity index is 4380. The number of amides is 8. The second kappa shape index (κ2) is 25.6. The standard InChI is InChI=1S/C63H53Cl2N9O20/c64-34-11-23-1-8-41(34)93-44-18-28-19-45(55(44)82)94-42-9-4-26(16-35(42)65)54(81)53-62(89)73-52(63(90)91)33-21-30(76)22-40(79)47(33)32-15-24(2-6-38(32)77)48(59(86)74-53)71-61(88)51(28)72-60(87)50-27-13-29(75)20-31(14-27)92-43-17-25(3-7-39(43)78)49(58(85)68-37(12-23)57(84)70-50)69-56(83)36(66)5-10-46(67)80/h1-4,6-9,11,13-22,36-37,48-54,75-79,81-82H,5,10,12,66H2,(H2,67,80)(H,68,85)(H,69,83)(H,70,84)(H,71,88)(H,72,87)(H,73,89)(H,74,86)(H,90,91)/t36-,37-,48-,49+,50+,51-,52+,53+,54-/m1/s1. The lowest BCUT2D eigenvalue weighted by atomic mass is 9.89. The first-order valence-electron chi connectivity index (χ1n) is 28.3. The lowest BCUT2D eigenvalue weighted by Crippen LogP contribution is -2.55. The highest BCUT2D eigenvalue weighted by atomic mass is 35.5. The molecular formula is C63H53Cl2N9O20. The summed E-state index contributed by atoms with van der Waals surface area (Å²) in [6, 6.07) is 5.14. The minimum absolute atomic E-state index is 0.0653. The lowest BCUT2D eigenvalue weighted by Gasteiger charge is -2.31. The van der Waals surface area contributed by atoms with Crippen LogP contribution in [0.3, 0.4) is 0 Å². The summed E-state index contributed by atoms with van der Waals surface area (Å²) in [5, 5.41) is 108. The average molecular weight is 1330 g/mol. The zero-order valence-corrected chi connectivity index (χ0v) is 49.7. The van der Waals surface area contributed by atoms with E-state index in [-0.39, 0.29) is 73.5 Å². The van der Waals surface area contributed by atoms with Crippen LogP contribution >= 0.6 is 23.2 Å². The van der Waals surface area contributed by atoms with Crippen LogP contribution in [0.15, 0.2) is 115 Å². The zero-order chi connectivity index (χ0) is 67.3. The maximum atomic E-state index is 15.8. The zero-order valence-electron chi connectivity index (χ0n) is 48.2. The quantitative estimate of drug-likeness (QED) is 0.113. The van der Waals surface area contributed by atoms with Crippen LogP contribution in [0.2, 0.25) is 10.0 Å². The van der Waals surface area contributed by atoms with Gasteiger partial charge in [-0.1, -0.05) is 47.5 Å². The van der Waals surface area contributed by atoms with Crippen LogP contribution in [0, 0.1) is 0 Å². The number of carboxylic acids is 1. The van der Waals surface area contributed by atoms with E-state index in [1.165, 1.54) is 30.3 Å². The monoisotopic (exact) mass is 1330 g/mol. The predicted octanol–water partition coefficient (Wildman–Crippen LogP) is 3.74. The normalized spacial score (nSPS) is 21.3. The molecule has 7 aromatic carbocycles. The lowest BCUT2D eigenvalue weighted by molar-refractivity contribution is -0.143. The fraction of sp³-hybridized carbons (Fsp3) is 0.190. The summed E-state index contributed by atoms with van der Waals surface area (Å²) in [5.41, 5.74) is 8.87. The number of primary amides is 1. The van der Waals surface area contributed by atoms with Crippen molar-refractivity contribution in [2.75, 3.05) is 0 Å². The highest BCUT2D eigenvalue weighted by Crippen LogP contribution is 2.48. The van der Waals surface area contributed by atoms with E-state index in [2.05, 4.69) is 37.2 Å². The maximum absolute atomic E-state index is 15.8. The topological polar surface area (TPSA) is 479 Å². The summed E-state index contributed by atoms with van der Waals surface area (Å²) in [6.07, 6.45) is -3.21. The van der Waals surface area contributed by atoms with Gasteiger partial charge >= 0.3 is 5.97 Å². The van der Waals surface area contributed by atoms with Crippen molar-refractivity contribution in [3.63, 3.8) is 0 Å². The van der Waals surface area contributed by atoms with Crippen molar-refractivity contribution in [3.05, 3.63) is 164 Å². The van der Waals surface area contributed by atoms with E-state index in [9.17, 15) is 64.8 Å². The van der Waals surface area contributed by atoms with Crippen LogP contribution in [0.4, 0.5) is 0 Å². The van der Waals surface area contributed by atoms with Gasteiger partial charge in [-0.25, -0.2) is 4.79 Å². The van der Waals surface area contributed by atoms with Crippen LogP contribution in [0.1, 0.15) is 88.1 Å². The highest BCUT2D eigenvalue weighted by molar-refractivity contribution is 6.32. The molecule has 13 rings (SSSR count). The second-order valence-corrected chi connectivity index (χ2v) is 23.0. The molecule has 6 heterocycles. The molecule has 31 heteroatoms. The Hall–Kier alpha value is -11.5. The van der Waals surface area contributed by atoms with Gasteiger partial charge in [0.2, 0.25) is 53.0 Å². The summed E-state index contributed by atoms with van der Waals surface area (Å²) < 4.78 is 18.5. The summed E-state index contributed by atoms with van der Waals surface area (Å²) in [4.78, 5) is 130. The Morgan fingerprint density at radius 3 is 1.80 bits per heavy atom. The van der Waals surface area contributed by atoms with Gasteiger partial charge in [-0.15, -0.1) is 0 Å². The van der Waals surface area contributed by atoms with Gasteiger partial charge in [-0.2, -0.15) is 0 Å². The number of aliphatic hydroxyl groups excluding tert-OH is 1. The summed E-state index contributed by atoms with van der Waals surface area (Å²) in [7, 11) is 0. The molecule has 0 radical (unpaired) electrons.